The van der Waals surface area contributed by atoms with Gasteiger partial charge in [-0.2, -0.15) is 0 Å². The molecule has 1 amide bonds. The Morgan fingerprint density at radius 2 is 2.20 bits per heavy atom. The summed E-state index contributed by atoms with van der Waals surface area (Å²) in [7, 11) is 0. The Labute approximate surface area is 119 Å². The van der Waals surface area contributed by atoms with Crippen LogP contribution in [0.15, 0.2) is 43.0 Å². The van der Waals surface area contributed by atoms with Crippen LogP contribution in [0.25, 0.3) is 0 Å². The molecule has 1 aliphatic heterocycles. The maximum Gasteiger partial charge on any atom is 0.410 e. The number of aliphatic hydroxyl groups is 1. The first-order valence-corrected chi connectivity index (χ1v) is 6.98. The molecule has 1 aliphatic rings. The molecule has 1 aromatic rings. The van der Waals surface area contributed by atoms with Crippen LogP contribution >= 0.6 is 0 Å². The van der Waals surface area contributed by atoms with Crippen molar-refractivity contribution < 1.29 is 14.6 Å². The molecule has 4 nitrogen and oxygen atoms in total. The minimum atomic E-state index is -0.494. The molecule has 0 radical (unpaired) electrons. The third-order valence-electron chi connectivity index (χ3n) is 3.59. The summed E-state index contributed by atoms with van der Waals surface area (Å²) in [6.45, 7) is 4.57. The summed E-state index contributed by atoms with van der Waals surface area (Å²) in [5.74, 6) is 0. The van der Waals surface area contributed by atoms with Crippen molar-refractivity contribution in [2.45, 2.75) is 38.0 Å². The average Bonchev–Trinajstić information content (AvgIpc) is 2.48. The fraction of sp³-hybridized carbons (Fsp3) is 0.438. The summed E-state index contributed by atoms with van der Waals surface area (Å²) in [4.78, 5) is 13.8. The van der Waals surface area contributed by atoms with Crippen molar-refractivity contribution in [2.75, 3.05) is 6.54 Å². The van der Waals surface area contributed by atoms with Gasteiger partial charge in [-0.1, -0.05) is 36.4 Å². The van der Waals surface area contributed by atoms with Crippen molar-refractivity contribution in [3.05, 3.63) is 48.6 Å². The lowest BCUT2D eigenvalue weighted by molar-refractivity contribution is 0.00462. The Morgan fingerprint density at radius 1 is 1.45 bits per heavy atom. The molecule has 0 spiro atoms. The van der Waals surface area contributed by atoms with Gasteiger partial charge in [0.25, 0.3) is 0 Å². The van der Waals surface area contributed by atoms with E-state index in [1.807, 2.05) is 30.3 Å². The number of nitrogens with zero attached hydrogens (tertiary/aromatic N) is 1. The van der Waals surface area contributed by atoms with E-state index in [9.17, 15) is 9.90 Å². The van der Waals surface area contributed by atoms with E-state index >= 15 is 0 Å². The number of hydrogen-bond acceptors (Lipinski definition) is 3. The Morgan fingerprint density at radius 3 is 2.90 bits per heavy atom. The normalized spacial score (nSPS) is 22.4. The van der Waals surface area contributed by atoms with Gasteiger partial charge in [0.05, 0.1) is 12.1 Å². The Hall–Kier alpha value is -1.81. The van der Waals surface area contributed by atoms with Gasteiger partial charge in [-0.05, 0) is 24.8 Å². The molecule has 0 aromatic heterocycles. The van der Waals surface area contributed by atoms with Crippen molar-refractivity contribution in [1.82, 2.24) is 4.90 Å². The number of piperidine rings is 1. The smallest absolute Gasteiger partial charge is 0.410 e. The monoisotopic (exact) mass is 275 g/mol. The van der Waals surface area contributed by atoms with Gasteiger partial charge in [0, 0.05) is 6.54 Å². The average molecular weight is 275 g/mol. The SMILES string of the molecule is C=CC[C@H]1[C@@H](O)CCCN1C(=O)OCc1ccccc1. The second-order valence-corrected chi connectivity index (χ2v) is 5.03. The minimum Gasteiger partial charge on any atom is -0.445 e. The van der Waals surface area contributed by atoms with Gasteiger partial charge in [-0.15, -0.1) is 6.58 Å². The van der Waals surface area contributed by atoms with E-state index in [0.717, 1.165) is 18.4 Å². The fourth-order valence-corrected chi connectivity index (χ4v) is 2.52. The van der Waals surface area contributed by atoms with Crippen LogP contribution in [0.1, 0.15) is 24.8 Å². The van der Waals surface area contributed by atoms with Gasteiger partial charge in [-0.25, -0.2) is 4.79 Å². The Kier molecular flexibility index (Phi) is 5.18. The lowest BCUT2D eigenvalue weighted by Gasteiger charge is -2.37. The molecule has 1 heterocycles. The van der Waals surface area contributed by atoms with E-state index in [2.05, 4.69) is 6.58 Å². The zero-order valence-corrected chi connectivity index (χ0v) is 11.6. The van der Waals surface area contributed by atoms with Crippen molar-refractivity contribution >= 4 is 6.09 Å². The number of hydrogen-bond donors (Lipinski definition) is 1. The third kappa shape index (κ3) is 3.61. The molecule has 20 heavy (non-hydrogen) atoms. The first-order valence-electron chi connectivity index (χ1n) is 6.98. The lowest BCUT2D eigenvalue weighted by atomic mass is 9.97. The van der Waals surface area contributed by atoms with Gasteiger partial charge in [0.15, 0.2) is 0 Å². The van der Waals surface area contributed by atoms with Gasteiger partial charge < -0.3 is 14.7 Å². The molecule has 1 N–H and O–H groups in total. The predicted octanol–water partition coefficient (Wildman–Crippen LogP) is 2.72. The van der Waals surface area contributed by atoms with Gasteiger partial charge >= 0.3 is 6.09 Å². The van der Waals surface area contributed by atoms with Crippen molar-refractivity contribution in [1.29, 1.82) is 0 Å². The first kappa shape index (κ1) is 14.6. The number of benzene rings is 1. The number of amides is 1. The van der Waals surface area contributed by atoms with Gasteiger partial charge in [-0.3, -0.25) is 0 Å². The maximum atomic E-state index is 12.2. The number of carbonyl (C=O) groups is 1. The first-order chi connectivity index (χ1) is 9.72. The molecule has 108 valence electrons. The molecule has 4 heteroatoms. The van der Waals surface area contributed by atoms with Crippen LogP contribution in [-0.4, -0.2) is 34.8 Å². The molecular weight excluding hydrogens is 254 g/mol. The van der Waals surface area contributed by atoms with Crippen LogP contribution in [0.4, 0.5) is 4.79 Å². The highest BCUT2D eigenvalue weighted by Crippen LogP contribution is 2.21. The molecule has 0 saturated carbocycles. The second kappa shape index (κ2) is 7.10. The zero-order valence-electron chi connectivity index (χ0n) is 11.6. The molecule has 0 unspecified atom stereocenters. The van der Waals surface area contributed by atoms with Crippen molar-refractivity contribution in [3.8, 4) is 0 Å². The number of aliphatic hydroxyl groups excluding tert-OH is 1. The van der Waals surface area contributed by atoms with Crippen molar-refractivity contribution in [3.63, 3.8) is 0 Å². The zero-order chi connectivity index (χ0) is 14.4. The Balaban J connectivity index is 1.94. The summed E-state index contributed by atoms with van der Waals surface area (Å²) in [6.07, 6.45) is 2.99. The predicted molar refractivity (Wildman–Crippen MR) is 77.2 cm³/mol. The van der Waals surface area contributed by atoms with E-state index in [1.165, 1.54) is 0 Å². The third-order valence-corrected chi connectivity index (χ3v) is 3.59. The summed E-state index contributed by atoms with van der Waals surface area (Å²) in [5.41, 5.74) is 0.957. The van der Waals surface area contributed by atoms with Gasteiger partial charge in [0.2, 0.25) is 0 Å². The standard InChI is InChI=1S/C16H21NO3/c1-2-7-14-15(18)10-6-11-17(14)16(19)20-12-13-8-4-3-5-9-13/h2-5,8-9,14-15,18H,1,6-7,10-12H2/t14-,15-/m0/s1. The van der Waals surface area contributed by atoms with Crippen LogP contribution in [0.5, 0.6) is 0 Å². The Bertz CT molecular complexity index is 446. The highest BCUT2D eigenvalue weighted by atomic mass is 16.6. The number of likely N-dealkylation sites (tertiary alicyclic amines) is 1. The van der Waals surface area contributed by atoms with Gasteiger partial charge in [0.1, 0.15) is 6.61 Å². The van der Waals surface area contributed by atoms with Crippen molar-refractivity contribution in [2.24, 2.45) is 0 Å². The summed E-state index contributed by atoms with van der Waals surface area (Å²) in [5, 5.41) is 10.0. The molecule has 1 aromatic carbocycles. The molecule has 0 aliphatic carbocycles. The summed E-state index contributed by atoms with van der Waals surface area (Å²) >= 11 is 0. The summed E-state index contributed by atoms with van der Waals surface area (Å²) in [6, 6.07) is 9.36. The quantitative estimate of drug-likeness (QED) is 0.860. The van der Waals surface area contributed by atoms with E-state index < -0.39 is 6.10 Å². The molecule has 1 saturated heterocycles. The maximum absolute atomic E-state index is 12.2. The molecule has 0 bridgehead atoms. The largest absolute Gasteiger partial charge is 0.445 e. The van der Waals surface area contributed by atoms with E-state index in [4.69, 9.17) is 4.74 Å². The second-order valence-electron chi connectivity index (χ2n) is 5.03. The van der Waals surface area contributed by atoms with Crippen LogP contribution in [0, 0.1) is 0 Å². The molecule has 1 fully saturated rings. The number of rotatable bonds is 4. The minimum absolute atomic E-state index is 0.218. The number of carbonyl (C=O) groups excluding carboxylic acids is 1. The van der Waals surface area contributed by atoms with Crippen LogP contribution in [0.3, 0.4) is 0 Å². The van der Waals surface area contributed by atoms with E-state index in [0.29, 0.717) is 13.0 Å². The summed E-state index contributed by atoms with van der Waals surface area (Å²) < 4.78 is 5.33. The molecule has 2 atom stereocenters. The molecular formula is C16H21NO3. The van der Waals surface area contributed by atoms with E-state index in [-0.39, 0.29) is 18.7 Å². The topological polar surface area (TPSA) is 49.8 Å². The van der Waals surface area contributed by atoms with E-state index in [1.54, 1.807) is 11.0 Å². The molecule has 2 rings (SSSR count). The van der Waals surface area contributed by atoms with Crippen LogP contribution in [0.2, 0.25) is 0 Å². The highest BCUT2D eigenvalue weighted by Gasteiger charge is 2.33. The number of ether oxygens (including phenoxy) is 1. The lowest BCUT2D eigenvalue weighted by Crippen LogP contribution is -2.50. The fourth-order valence-electron chi connectivity index (χ4n) is 2.52. The van der Waals surface area contributed by atoms with Crippen LogP contribution in [-0.2, 0) is 11.3 Å². The highest BCUT2D eigenvalue weighted by molar-refractivity contribution is 5.68. The van der Waals surface area contributed by atoms with Crippen LogP contribution < -0.4 is 0 Å².